The second kappa shape index (κ2) is 4.96. The van der Waals surface area contributed by atoms with Gasteiger partial charge in [-0.15, -0.1) is 0 Å². The Balaban J connectivity index is 2.01. The van der Waals surface area contributed by atoms with Crippen molar-refractivity contribution in [2.75, 3.05) is 11.1 Å². The third-order valence-electron chi connectivity index (χ3n) is 3.43. The molecule has 3 N–H and O–H groups in total. The number of anilines is 2. The summed E-state index contributed by atoms with van der Waals surface area (Å²) in [5.74, 6) is 0.870. The van der Waals surface area contributed by atoms with E-state index in [4.69, 9.17) is 17.3 Å². The first-order valence-electron chi connectivity index (χ1n) is 5.97. The Morgan fingerprint density at radius 2 is 1.94 bits per heavy atom. The van der Waals surface area contributed by atoms with Crippen LogP contribution >= 0.6 is 11.6 Å². The maximum absolute atomic E-state index is 5.99. The molecular formula is C13H19ClN2. The molecule has 1 saturated carbocycles. The lowest BCUT2D eigenvalue weighted by Gasteiger charge is -2.28. The Morgan fingerprint density at radius 1 is 1.25 bits per heavy atom. The van der Waals surface area contributed by atoms with Gasteiger partial charge in [-0.25, -0.2) is 0 Å². The van der Waals surface area contributed by atoms with E-state index in [1.807, 2.05) is 18.2 Å². The highest BCUT2D eigenvalue weighted by molar-refractivity contribution is 6.33. The molecule has 2 rings (SSSR count). The number of benzene rings is 1. The van der Waals surface area contributed by atoms with Crippen LogP contribution in [-0.2, 0) is 0 Å². The van der Waals surface area contributed by atoms with Gasteiger partial charge in [-0.1, -0.05) is 24.6 Å². The lowest BCUT2D eigenvalue weighted by molar-refractivity contribution is 0.361. The van der Waals surface area contributed by atoms with E-state index in [1.165, 1.54) is 25.7 Å². The summed E-state index contributed by atoms with van der Waals surface area (Å²) in [4.78, 5) is 0. The quantitative estimate of drug-likeness (QED) is 0.767. The minimum Gasteiger partial charge on any atom is -0.396 e. The SMILES string of the molecule is CC1CCC(Nc2cccc(Cl)c2N)CC1. The van der Waals surface area contributed by atoms with Gasteiger partial charge in [-0.3, -0.25) is 0 Å². The zero-order valence-corrected chi connectivity index (χ0v) is 10.4. The number of rotatable bonds is 2. The van der Waals surface area contributed by atoms with E-state index in [0.717, 1.165) is 11.6 Å². The van der Waals surface area contributed by atoms with Crippen molar-refractivity contribution in [3.63, 3.8) is 0 Å². The highest BCUT2D eigenvalue weighted by Gasteiger charge is 2.18. The van der Waals surface area contributed by atoms with Crippen molar-refractivity contribution >= 4 is 23.0 Å². The molecule has 0 aromatic heterocycles. The molecule has 1 aromatic rings. The van der Waals surface area contributed by atoms with Crippen LogP contribution in [0.1, 0.15) is 32.6 Å². The van der Waals surface area contributed by atoms with Crippen LogP contribution in [0.2, 0.25) is 5.02 Å². The second-order valence-corrected chi connectivity index (χ2v) is 5.21. The van der Waals surface area contributed by atoms with Gasteiger partial charge in [-0.05, 0) is 43.7 Å². The molecule has 1 aliphatic rings. The molecule has 0 heterocycles. The van der Waals surface area contributed by atoms with Crippen molar-refractivity contribution in [3.05, 3.63) is 23.2 Å². The van der Waals surface area contributed by atoms with Gasteiger partial charge in [-0.2, -0.15) is 0 Å². The zero-order chi connectivity index (χ0) is 11.5. The number of nitrogens with two attached hydrogens (primary N) is 1. The summed E-state index contributed by atoms with van der Waals surface area (Å²) in [6.07, 6.45) is 5.07. The summed E-state index contributed by atoms with van der Waals surface area (Å²) in [6, 6.07) is 6.31. The molecule has 0 radical (unpaired) electrons. The minimum atomic E-state index is 0.553. The third kappa shape index (κ3) is 2.62. The van der Waals surface area contributed by atoms with Crippen molar-refractivity contribution < 1.29 is 0 Å². The van der Waals surface area contributed by atoms with Crippen LogP contribution in [-0.4, -0.2) is 6.04 Å². The molecule has 0 aliphatic heterocycles. The second-order valence-electron chi connectivity index (χ2n) is 4.80. The summed E-state index contributed by atoms with van der Waals surface area (Å²) in [7, 11) is 0. The smallest absolute Gasteiger partial charge is 0.0739 e. The predicted molar refractivity (Wildman–Crippen MR) is 70.9 cm³/mol. The lowest BCUT2D eigenvalue weighted by atomic mass is 9.87. The van der Waals surface area contributed by atoms with Gasteiger partial charge in [0.1, 0.15) is 0 Å². The van der Waals surface area contributed by atoms with Crippen LogP contribution < -0.4 is 11.1 Å². The van der Waals surface area contributed by atoms with E-state index >= 15 is 0 Å². The predicted octanol–water partition coefficient (Wildman–Crippen LogP) is 3.91. The third-order valence-corrected chi connectivity index (χ3v) is 3.76. The standard InChI is InChI=1S/C13H19ClN2/c1-9-5-7-10(8-6-9)16-12-4-2-3-11(14)13(12)15/h2-4,9-10,16H,5-8,15H2,1H3. The summed E-state index contributed by atoms with van der Waals surface area (Å²) in [6.45, 7) is 2.32. The Hall–Kier alpha value is -0.890. The van der Waals surface area contributed by atoms with E-state index in [9.17, 15) is 0 Å². The molecule has 2 nitrogen and oxygen atoms in total. The molecule has 0 bridgehead atoms. The molecule has 0 spiro atoms. The molecule has 1 aromatic carbocycles. The number of nitrogen functional groups attached to an aromatic ring is 1. The largest absolute Gasteiger partial charge is 0.396 e. The molecule has 16 heavy (non-hydrogen) atoms. The molecule has 0 atom stereocenters. The van der Waals surface area contributed by atoms with Gasteiger partial charge < -0.3 is 11.1 Å². The maximum atomic E-state index is 5.99. The van der Waals surface area contributed by atoms with E-state index in [-0.39, 0.29) is 0 Å². The monoisotopic (exact) mass is 238 g/mol. The number of para-hydroxylation sites is 1. The van der Waals surface area contributed by atoms with Crippen molar-refractivity contribution in [1.82, 2.24) is 0 Å². The van der Waals surface area contributed by atoms with E-state index in [1.54, 1.807) is 0 Å². The summed E-state index contributed by atoms with van der Waals surface area (Å²) >= 11 is 5.99. The topological polar surface area (TPSA) is 38.0 Å². The molecule has 0 unspecified atom stereocenters. The van der Waals surface area contributed by atoms with Gasteiger partial charge in [0, 0.05) is 6.04 Å². The molecule has 1 fully saturated rings. The Morgan fingerprint density at radius 3 is 2.62 bits per heavy atom. The van der Waals surface area contributed by atoms with Gasteiger partial charge in [0.25, 0.3) is 0 Å². The van der Waals surface area contributed by atoms with Crippen molar-refractivity contribution in [2.24, 2.45) is 5.92 Å². The first-order chi connectivity index (χ1) is 7.66. The van der Waals surface area contributed by atoms with Crippen LogP contribution in [0, 0.1) is 5.92 Å². The highest BCUT2D eigenvalue weighted by atomic mass is 35.5. The fourth-order valence-corrected chi connectivity index (χ4v) is 2.46. The van der Waals surface area contributed by atoms with E-state index in [0.29, 0.717) is 16.8 Å². The molecule has 0 amide bonds. The van der Waals surface area contributed by atoms with Crippen LogP contribution in [0.4, 0.5) is 11.4 Å². The highest BCUT2D eigenvalue weighted by Crippen LogP contribution is 2.31. The number of hydrogen-bond donors (Lipinski definition) is 2. The molecule has 3 heteroatoms. The Labute approximate surface area is 102 Å². The fourth-order valence-electron chi connectivity index (χ4n) is 2.29. The van der Waals surface area contributed by atoms with E-state index < -0.39 is 0 Å². The average Bonchev–Trinajstić information content (AvgIpc) is 2.28. The van der Waals surface area contributed by atoms with Gasteiger partial charge >= 0.3 is 0 Å². The van der Waals surface area contributed by atoms with Crippen LogP contribution in [0.3, 0.4) is 0 Å². The number of hydrogen-bond acceptors (Lipinski definition) is 2. The molecule has 1 aliphatic carbocycles. The minimum absolute atomic E-state index is 0.553. The van der Waals surface area contributed by atoms with E-state index in [2.05, 4.69) is 12.2 Å². The lowest BCUT2D eigenvalue weighted by Crippen LogP contribution is -2.25. The summed E-state index contributed by atoms with van der Waals surface area (Å²) in [5, 5.41) is 4.13. The van der Waals surface area contributed by atoms with Crippen LogP contribution in [0.25, 0.3) is 0 Å². The van der Waals surface area contributed by atoms with Crippen molar-refractivity contribution in [1.29, 1.82) is 0 Å². The fraction of sp³-hybridized carbons (Fsp3) is 0.538. The first kappa shape index (κ1) is 11.6. The Kier molecular flexibility index (Phi) is 3.59. The normalized spacial score (nSPS) is 25.4. The van der Waals surface area contributed by atoms with Gasteiger partial charge in [0.05, 0.1) is 16.4 Å². The number of halogens is 1. The summed E-state index contributed by atoms with van der Waals surface area (Å²) in [5.41, 5.74) is 7.58. The zero-order valence-electron chi connectivity index (χ0n) is 9.67. The van der Waals surface area contributed by atoms with Gasteiger partial charge in [0.2, 0.25) is 0 Å². The van der Waals surface area contributed by atoms with Crippen LogP contribution in [0.15, 0.2) is 18.2 Å². The van der Waals surface area contributed by atoms with Crippen molar-refractivity contribution in [2.45, 2.75) is 38.6 Å². The molecule has 0 saturated heterocycles. The first-order valence-corrected chi connectivity index (χ1v) is 6.35. The molecular weight excluding hydrogens is 220 g/mol. The average molecular weight is 239 g/mol. The maximum Gasteiger partial charge on any atom is 0.0739 e. The molecule has 88 valence electrons. The Bertz CT molecular complexity index is 357. The van der Waals surface area contributed by atoms with Gasteiger partial charge in [0.15, 0.2) is 0 Å². The number of nitrogens with one attached hydrogen (secondary N) is 1. The summed E-state index contributed by atoms with van der Waals surface area (Å²) < 4.78 is 0. The van der Waals surface area contributed by atoms with Crippen LogP contribution in [0.5, 0.6) is 0 Å². The van der Waals surface area contributed by atoms with Crippen molar-refractivity contribution in [3.8, 4) is 0 Å².